The van der Waals surface area contributed by atoms with Crippen LogP contribution in [0.15, 0.2) is 23.2 Å². The van der Waals surface area contributed by atoms with Crippen LogP contribution in [0.25, 0.3) is 0 Å². The van der Waals surface area contributed by atoms with Crippen LogP contribution in [0.3, 0.4) is 0 Å². The van der Waals surface area contributed by atoms with Crippen molar-refractivity contribution in [3.63, 3.8) is 0 Å². The fourth-order valence-electron chi connectivity index (χ4n) is 2.65. The van der Waals surface area contributed by atoms with E-state index in [1.54, 1.807) is 0 Å². The number of unbranched alkanes of at least 4 members (excludes halogenated alkanes) is 1. The van der Waals surface area contributed by atoms with Crippen LogP contribution in [0.5, 0.6) is 0 Å². The Morgan fingerprint density at radius 1 is 1.24 bits per heavy atom. The zero-order valence-electron chi connectivity index (χ0n) is 17.4. The maximum Gasteiger partial charge on any atom is 0.191 e. The van der Waals surface area contributed by atoms with Gasteiger partial charge in [-0.3, -0.25) is 0 Å². The predicted molar refractivity (Wildman–Crippen MR) is 112 cm³/mol. The monoisotopic (exact) mass is 424 g/mol. The van der Waals surface area contributed by atoms with E-state index in [0.717, 1.165) is 37.3 Å². The Balaban J connectivity index is 2.17. The zero-order valence-corrected chi connectivity index (χ0v) is 18.2. The van der Waals surface area contributed by atoms with Gasteiger partial charge < -0.3 is 15.2 Å². The van der Waals surface area contributed by atoms with Gasteiger partial charge in [-0.15, -0.1) is 10.2 Å². The first-order valence-electron chi connectivity index (χ1n) is 9.51. The maximum atomic E-state index is 13.7. The molecule has 0 aliphatic carbocycles. The molecule has 0 aliphatic rings. The van der Waals surface area contributed by atoms with Gasteiger partial charge >= 0.3 is 0 Å². The highest BCUT2D eigenvalue weighted by molar-refractivity contribution is 7.89. The van der Waals surface area contributed by atoms with Crippen LogP contribution in [0.4, 0.5) is 4.39 Å². The van der Waals surface area contributed by atoms with Crippen molar-refractivity contribution in [3.05, 3.63) is 46.8 Å². The molecule has 1 aromatic carbocycles. The standard InChI is InChI=1S/C19H29FN6O2S/c1-5-6-9-21-19(23-12-18-25-24-14(2)26(18)3)22-11-16-10-17(20)8-7-15(16)13-29(4,27)28/h7-8,10H,5-6,9,11-13H2,1-4H3,(H2,21,22,23). The summed E-state index contributed by atoms with van der Waals surface area (Å²) in [6.45, 7) is 5.28. The van der Waals surface area contributed by atoms with Crippen molar-refractivity contribution >= 4 is 15.8 Å². The summed E-state index contributed by atoms with van der Waals surface area (Å²) in [6.07, 6.45) is 3.17. The molecule has 1 heterocycles. The summed E-state index contributed by atoms with van der Waals surface area (Å²) < 4.78 is 39.0. The lowest BCUT2D eigenvalue weighted by Gasteiger charge is -2.13. The molecule has 0 bridgehead atoms. The van der Waals surface area contributed by atoms with E-state index in [-0.39, 0.29) is 12.3 Å². The first-order chi connectivity index (χ1) is 13.7. The Morgan fingerprint density at radius 3 is 2.62 bits per heavy atom. The van der Waals surface area contributed by atoms with Crippen molar-refractivity contribution in [3.8, 4) is 0 Å². The van der Waals surface area contributed by atoms with Crippen molar-refractivity contribution in [2.75, 3.05) is 12.8 Å². The molecule has 0 radical (unpaired) electrons. The Morgan fingerprint density at radius 2 is 2.00 bits per heavy atom. The van der Waals surface area contributed by atoms with Crippen LogP contribution in [-0.4, -0.2) is 41.9 Å². The highest BCUT2D eigenvalue weighted by Crippen LogP contribution is 2.15. The Hall–Kier alpha value is -2.49. The van der Waals surface area contributed by atoms with Gasteiger partial charge in [0.25, 0.3) is 0 Å². The quantitative estimate of drug-likeness (QED) is 0.362. The van der Waals surface area contributed by atoms with Gasteiger partial charge in [0.05, 0.1) is 18.8 Å². The van der Waals surface area contributed by atoms with Gasteiger partial charge in [0, 0.05) is 19.8 Å². The molecule has 0 saturated heterocycles. The molecule has 29 heavy (non-hydrogen) atoms. The van der Waals surface area contributed by atoms with Gasteiger partial charge in [-0.25, -0.2) is 17.8 Å². The largest absolute Gasteiger partial charge is 0.356 e. The summed E-state index contributed by atoms with van der Waals surface area (Å²) in [5.74, 6) is 1.55. The third-order valence-corrected chi connectivity index (χ3v) is 5.25. The van der Waals surface area contributed by atoms with Crippen LogP contribution in [0.2, 0.25) is 0 Å². The fraction of sp³-hybridized carbons (Fsp3) is 0.526. The number of aromatic nitrogens is 3. The van der Waals surface area contributed by atoms with E-state index in [1.165, 1.54) is 18.2 Å². The molecule has 0 saturated carbocycles. The molecular formula is C19H29FN6O2S. The maximum absolute atomic E-state index is 13.7. The summed E-state index contributed by atoms with van der Waals surface area (Å²) >= 11 is 0. The van der Waals surface area contributed by atoms with Crippen molar-refractivity contribution in [1.29, 1.82) is 0 Å². The van der Waals surface area contributed by atoms with E-state index < -0.39 is 15.7 Å². The molecule has 2 aromatic rings. The third kappa shape index (κ3) is 7.45. The average Bonchev–Trinajstić information content (AvgIpc) is 2.96. The van der Waals surface area contributed by atoms with E-state index in [4.69, 9.17) is 0 Å². The fourth-order valence-corrected chi connectivity index (χ4v) is 3.50. The number of hydrogen-bond donors (Lipinski definition) is 2. The molecule has 10 heteroatoms. The van der Waals surface area contributed by atoms with E-state index >= 15 is 0 Å². The smallest absolute Gasteiger partial charge is 0.191 e. The normalized spacial score (nSPS) is 12.2. The number of aliphatic imine (C=N–C) groups is 1. The molecule has 160 valence electrons. The van der Waals surface area contributed by atoms with Crippen LogP contribution >= 0.6 is 0 Å². The van der Waals surface area contributed by atoms with Gasteiger partial charge in [0.1, 0.15) is 11.6 Å². The number of sulfone groups is 1. The second kappa shape index (κ2) is 10.3. The van der Waals surface area contributed by atoms with Crippen LogP contribution in [0.1, 0.15) is 42.5 Å². The number of rotatable bonds is 9. The van der Waals surface area contributed by atoms with Crippen molar-refractivity contribution in [2.45, 2.75) is 45.5 Å². The number of hydrogen-bond acceptors (Lipinski definition) is 5. The van der Waals surface area contributed by atoms with E-state index in [2.05, 4.69) is 32.7 Å². The lowest BCUT2D eigenvalue weighted by Crippen LogP contribution is -2.38. The molecule has 2 rings (SSSR count). The summed E-state index contributed by atoms with van der Waals surface area (Å²) in [7, 11) is -1.35. The molecular weight excluding hydrogens is 395 g/mol. The Labute approximate surface area is 171 Å². The molecule has 0 amide bonds. The van der Waals surface area contributed by atoms with Gasteiger partial charge in [-0.05, 0) is 36.6 Å². The molecule has 2 N–H and O–H groups in total. The van der Waals surface area contributed by atoms with E-state index in [9.17, 15) is 12.8 Å². The molecule has 0 spiro atoms. The molecule has 0 unspecified atom stereocenters. The highest BCUT2D eigenvalue weighted by Gasteiger charge is 2.11. The van der Waals surface area contributed by atoms with Crippen molar-refractivity contribution in [1.82, 2.24) is 25.4 Å². The molecule has 0 aliphatic heterocycles. The van der Waals surface area contributed by atoms with Gasteiger partial charge in [-0.1, -0.05) is 19.4 Å². The molecule has 1 aromatic heterocycles. The Bertz CT molecular complexity index is 956. The second-order valence-electron chi connectivity index (χ2n) is 7.00. The number of aryl methyl sites for hydroxylation is 1. The topological polar surface area (TPSA) is 101 Å². The van der Waals surface area contributed by atoms with Gasteiger partial charge in [0.2, 0.25) is 0 Å². The van der Waals surface area contributed by atoms with Crippen LogP contribution < -0.4 is 10.6 Å². The molecule has 0 atom stereocenters. The molecule has 0 fully saturated rings. The van der Waals surface area contributed by atoms with Crippen molar-refractivity contribution in [2.24, 2.45) is 12.0 Å². The zero-order chi connectivity index (χ0) is 21.4. The number of halogens is 1. The minimum absolute atomic E-state index is 0.150. The number of benzene rings is 1. The van der Waals surface area contributed by atoms with Crippen LogP contribution in [-0.2, 0) is 35.7 Å². The summed E-state index contributed by atoms with van der Waals surface area (Å²) in [5, 5.41) is 14.6. The molecule has 8 nitrogen and oxygen atoms in total. The van der Waals surface area contributed by atoms with Crippen LogP contribution in [0, 0.1) is 12.7 Å². The minimum atomic E-state index is -3.24. The van der Waals surface area contributed by atoms with Gasteiger partial charge in [0.15, 0.2) is 21.6 Å². The number of nitrogens with one attached hydrogen (secondary N) is 2. The number of guanidine groups is 1. The van der Waals surface area contributed by atoms with E-state index in [1.807, 2.05) is 18.5 Å². The summed E-state index contributed by atoms with van der Waals surface area (Å²) in [6, 6.07) is 4.10. The lowest BCUT2D eigenvalue weighted by atomic mass is 10.1. The van der Waals surface area contributed by atoms with E-state index in [0.29, 0.717) is 23.6 Å². The first-order valence-corrected chi connectivity index (χ1v) is 11.6. The highest BCUT2D eigenvalue weighted by atomic mass is 32.2. The van der Waals surface area contributed by atoms with Crippen molar-refractivity contribution < 1.29 is 12.8 Å². The first kappa shape index (κ1) is 22.8. The minimum Gasteiger partial charge on any atom is -0.356 e. The number of nitrogens with zero attached hydrogens (tertiary/aromatic N) is 4. The lowest BCUT2D eigenvalue weighted by molar-refractivity contribution is 0.600. The Kier molecular flexibility index (Phi) is 8.12. The summed E-state index contributed by atoms with van der Waals surface area (Å²) in [4.78, 5) is 4.52. The predicted octanol–water partition coefficient (Wildman–Crippen LogP) is 1.84. The summed E-state index contributed by atoms with van der Waals surface area (Å²) in [5.41, 5.74) is 1.09. The SMILES string of the molecule is CCCCNC(=NCc1cc(F)ccc1CS(C)(=O)=O)NCc1nnc(C)n1C. The van der Waals surface area contributed by atoms with Gasteiger partial charge in [-0.2, -0.15) is 0 Å². The average molecular weight is 425 g/mol. The second-order valence-corrected chi connectivity index (χ2v) is 9.14. The third-order valence-electron chi connectivity index (χ3n) is 4.41.